The van der Waals surface area contributed by atoms with E-state index in [1.165, 1.54) is 10.9 Å². The van der Waals surface area contributed by atoms with Crippen molar-refractivity contribution < 1.29 is 38.8 Å². The first-order valence-electron chi connectivity index (χ1n) is 7.90. The predicted octanol–water partition coefficient (Wildman–Crippen LogP) is -0.523. The number of nitrogens with zero attached hydrogens (tertiary/aromatic N) is 4. The molecule has 0 aliphatic carbocycles. The zero-order valence-electron chi connectivity index (χ0n) is 14.1. The molecule has 16 heteroatoms. The van der Waals surface area contributed by atoms with Gasteiger partial charge in [-0.25, -0.2) is 4.98 Å². The van der Waals surface area contributed by atoms with Crippen molar-refractivity contribution in [3.63, 3.8) is 0 Å². The summed E-state index contributed by atoms with van der Waals surface area (Å²) in [5, 5.41) is 20.4. The number of nitrogens with two attached hydrogens (primary N) is 1. The molecule has 0 bridgehead atoms. The van der Waals surface area contributed by atoms with Gasteiger partial charge >= 0.3 is 7.60 Å². The van der Waals surface area contributed by atoms with Gasteiger partial charge in [0.1, 0.15) is 23.6 Å². The van der Waals surface area contributed by atoms with Crippen LogP contribution in [-0.2, 0) is 13.9 Å². The molecule has 0 saturated carbocycles. The van der Waals surface area contributed by atoms with Gasteiger partial charge in [-0.05, 0) is 18.0 Å². The zero-order chi connectivity index (χ0) is 20.9. The van der Waals surface area contributed by atoms with Crippen molar-refractivity contribution in [3.05, 3.63) is 11.6 Å². The van der Waals surface area contributed by atoms with Crippen molar-refractivity contribution in [2.24, 2.45) is 0 Å². The fourth-order valence-corrected chi connectivity index (χ4v) is 6.68. The number of hydrogen-bond acceptors (Lipinski definition) is 9. The van der Waals surface area contributed by atoms with E-state index < -0.39 is 51.6 Å². The predicted molar refractivity (Wildman–Crippen MR) is 96.9 cm³/mol. The molecule has 1 aliphatic heterocycles. The summed E-state index contributed by atoms with van der Waals surface area (Å²) in [6.45, 7) is 0. The lowest BCUT2D eigenvalue weighted by molar-refractivity contribution is -0.0354. The van der Waals surface area contributed by atoms with Gasteiger partial charge in [0.05, 0.1) is 12.4 Å². The fraction of sp³-hybridized carbons (Fsp3) is 0.583. The number of hydrogen-bond donors (Lipinski definition) is 6. The van der Waals surface area contributed by atoms with Crippen LogP contribution < -0.4 is 5.73 Å². The smallest absolute Gasteiger partial charge is 0.335 e. The molecule has 28 heavy (non-hydrogen) atoms. The Labute approximate surface area is 162 Å². The number of anilines is 1. The molecule has 2 aromatic heterocycles. The molecule has 1 fully saturated rings. The maximum Gasteiger partial charge on any atom is 0.335 e. The Morgan fingerprint density at radius 2 is 1.89 bits per heavy atom. The minimum atomic E-state index is -4.68. The first-order valence-corrected chi connectivity index (χ1v) is 12.1. The van der Waals surface area contributed by atoms with Gasteiger partial charge in [0.25, 0.3) is 0 Å². The third kappa shape index (κ3) is 4.54. The van der Waals surface area contributed by atoms with Crippen molar-refractivity contribution in [1.29, 1.82) is 0 Å². The van der Waals surface area contributed by atoms with Crippen molar-refractivity contribution in [2.75, 3.05) is 17.8 Å². The lowest BCUT2D eigenvalue weighted by Crippen LogP contribution is -2.32. The van der Waals surface area contributed by atoms with Gasteiger partial charge < -0.3 is 35.4 Å². The van der Waals surface area contributed by atoms with Crippen LogP contribution in [0.4, 0.5) is 5.82 Å². The monoisotopic (exact) mass is 457 g/mol. The number of aliphatic hydroxyl groups is 2. The second kappa shape index (κ2) is 7.60. The molecule has 7 N–H and O–H groups in total. The number of aromatic nitrogens is 4. The summed E-state index contributed by atoms with van der Waals surface area (Å²) in [6, 6.07) is 0. The van der Waals surface area contributed by atoms with Crippen molar-refractivity contribution in [3.8, 4) is 0 Å². The van der Waals surface area contributed by atoms with Crippen molar-refractivity contribution in [2.45, 2.75) is 31.0 Å². The van der Waals surface area contributed by atoms with Crippen LogP contribution in [-0.4, -0.2) is 74.8 Å². The number of imidazole rings is 1. The lowest BCUT2D eigenvalue weighted by atomic mass is 10.1. The summed E-state index contributed by atoms with van der Waals surface area (Å²) < 4.78 is 29.8. The fourth-order valence-electron chi connectivity index (χ4n) is 2.98. The van der Waals surface area contributed by atoms with Gasteiger partial charge in [0.15, 0.2) is 17.7 Å². The Kier molecular flexibility index (Phi) is 5.85. The Morgan fingerprint density at radius 3 is 2.54 bits per heavy atom. The van der Waals surface area contributed by atoms with Gasteiger partial charge in [-0.2, -0.15) is 9.97 Å². The van der Waals surface area contributed by atoms with E-state index in [2.05, 4.69) is 15.0 Å². The maximum absolute atomic E-state index is 11.9. The summed E-state index contributed by atoms with van der Waals surface area (Å²) in [5.41, 5.74) is 6.08. The molecule has 2 aromatic rings. The molecule has 1 aliphatic rings. The zero-order valence-corrected chi connectivity index (χ0v) is 16.7. The summed E-state index contributed by atoms with van der Waals surface area (Å²) in [6.07, 6.45) is -4.53. The molecule has 13 nitrogen and oxygen atoms in total. The van der Waals surface area contributed by atoms with E-state index in [1.54, 1.807) is 0 Å². The van der Waals surface area contributed by atoms with Crippen LogP contribution >= 0.6 is 26.6 Å². The standard InChI is InChI=1S/C12H18ClN5O8P2/c13-12-16-9(14)6-10(17-12)18(3-15-6)11-8(20)7(19)5(26-11)1-2-27(21,22)4-28(23,24)25/h3,5,7-8,11,19-20H,1-2,4H2,(H,21,22)(H2,14,16,17)(H2,23,24,25)/t5-,7+,8?,11-/m1/s1. The number of halogens is 1. The second-order valence-electron chi connectivity index (χ2n) is 6.41. The van der Waals surface area contributed by atoms with Crippen LogP contribution in [0.1, 0.15) is 12.6 Å². The Morgan fingerprint density at radius 1 is 1.21 bits per heavy atom. The number of fused-ring (bicyclic) bond motifs is 1. The Bertz CT molecular complexity index is 982. The molecule has 5 atom stereocenters. The average Bonchev–Trinajstić information content (AvgIpc) is 3.06. The summed E-state index contributed by atoms with van der Waals surface area (Å²) in [7, 11) is -8.84. The largest absolute Gasteiger partial charge is 0.388 e. The van der Waals surface area contributed by atoms with Gasteiger partial charge in [-0.1, -0.05) is 0 Å². The molecule has 2 unspecified atom stereocenters. The molecule has 0 radical (unpaired) electrons. The molecular formula is C12H18ClN5O8P2. The number of nitrogen functional groups attached to an aromatic ring is 1. The quantitative estimate of drug-likeness (QED) is 0.238. The van der Waals surface area contributed by atoms with E-state index in [4.69, 9.17) is 31.9 Å². The topological polar surface area (TPSA) is 214 Å². The van der Waals surface area contributed by atoms with Crippen molar-refractivity contribution >= 4 is 43.5 Å². The molecule has 3 rings (SSSR count). The van der Waals surface area contributed by atoms with E-state index in [0.29, 0.717) is 0 Å². The molecule has 0 spiro atoms. The van der Waals surface area contributed by atoms with Crippen LogP contribution in [0.25, 0.3) is 11.2 Å². The third-order valence-corrected chi connectivity index (χ3v) is 8.57. The van der Waals surface area contributed by atoms with Gasteiger partial charge in [-0.3, -0.25) is 13.7 Å². The van der Waals surface area contributed by atoms with Gasteiger partial charge in [-0.15, -0.1) is 0 Å². The van der Waals surface area contributed by atoms with E-state index in [1.807, 2.05) is 0 Å². The first-order chi connectivity index (χ1) is 12.9. The van der Waals surface area contributed by atoms with Gasteiger partial charge in [0, 0.05) is 6.16 Å². The van der Waals surface area contributed by atoms with Crippen LogP contribution in [0.15, 0.2) is 6.33 Å². The molecule has 3 heterocycles. The number of aliphatic hydroxyl groups excluding tert-OH is 2. The highest BCUT2D eigenvalue weighted by atomic mass is 35.5. The maximum atomic E-state index is 11.9. The Hall–Kier alpha value is -1.14. The van der Waals surface area contributed by atoms with Crippen LogP contribution in [0.3, 0.4) is 0 Å². The van der Waals surface area contributed by atoms with Crippen LogP contribution in [0, 0.1) is 0 Å². The number of rotatable bonds is 6. The summed E-state index contributed by atoms with van der Waals surface area (Å²) >= 11 is 5.79. The molecule has 0 amide bonds. The first kappa shape index (κ1) is 21.6. The van der Waals surface area contributed by atoms with Crippen molar-refractivity contribution in [1.82, 2.24) is 19.5 Å². The minimum absolute atomic E-state index is 0.0111. The van der Waals surface area contributed by atoms with E-state index >= 15 is 0 Å². The molecule has 156 valence electrons. The van der Waals surface area contributed by atoms with Gasteiger partial charge in [0.2, 0.25) is 12.7 Å². The van der Waals surface area contributed by atoms with Crippen LogP contribution in [0.2, 0.25) is 5.28 Å². The van der Waals surface area contributed by atoms with E-state index in [-0.39, 0.29) is 28.7 Å². The minimum Gasteiger partial charge on any atom is -0.388 e. The SMILES string of the molecule is Nc1nc(Cl)nc2c1ncn2[C@@H]1O[C@H](CCP(=O)(O)CP(=O)(O)O)[C@H](O)C1O. The second-order valence-corrected chi connectivity index (χ2v) is 11.4. The summed E-state index contributed by atoms with van der Waals surface area (Å²) in [4.78, 5) is 39.2. The van der Waals surface area contributed by atoms with E-state index in [0.717, 1.165) is 0 Å². The normalized spacial score (nSPS) is 27.9. The highest BCUT2D eigenvalue weighted by molar-refractivity contribution is 7.72. The Balaban J connectivity index is 1.78. The molecular weight excluding hydrogens is 440 g/mol. The van der Waals surface area contributed by atoms with E-state index in [9.17, 15) is 24.2 Å². The third-order valence-electron chi connectivity index (χ3n) is 4.20. The summed E-state index contributed by atoms with van der Waals surface area (Å²) in [5.74, 6) is -1.16. The van der Waals surface area contributed by atoms with Crippen LogP contribution in [0.5, 0.6) is 0 Å². The average molecular weight is 458 g/mol. The highest BCUT2D eigenvalue weighted by Crippen LogP contribution is 2.55. The number of ether oxygens (including phenoxy) is 1. The highest BCUT2D eigenvalue weighted by Gasteiger charge is 2.45. The lowest BCUT2D eigenvalue weighted by Gasteiger charge is -2.17. The molecule has 1 saturated heterocycles. The molecule has 0 aromatic carbocycles.